The van der Waals surface area contributed by atoms with Crippen LogP contribution in [0.2, 0.25) is 0 Å². The van der Waals surface area contributed by atoms with Crippen LogP contribution in [0, 0.1) is 5.92 Å². The normalized spacial score (nSPS) is 16.7. The first-order chi connectivity index (χ1) is 8.92. The van der Waals surface area contributed by atoms with E-state index in [0.29, 0.717) is 6.04 Å². The maximum atomic E-state index is 3.77. The maximum Gasteiger partial charge on any atom is 0.0348 e. The highest BCUT2D eigenvalue weighted by atomic mass is 14.9. The molecule has 2 rings (SSSR count). The van der Waals surface area contributed by atoms with Gasteiger partial charge in [0.2, 0.25) is 0 Å². The third-order valence-corrected chi connectivity index (χ3v) is 3.90. The van der Waals surface area contributed by atoms with Crippen LogP contribution in [0.4, 0.5) is 0 Å². The lowest BCUT2D eigenvalue weighted by Gasteiger charge is -2.18. The third-order valence-electron chi connectivity index (χ3n) is 3.90. The van der Waals surface area contributed by atoms with Gasteiger partial charge in [-0.25, -0.2) is 0 Å². The van der Waals surface area contributed by atoms with E-state index in [2.05, 4.69) is 42.6 Å². The molecule has 0 saturated heterocycles. The van der Waals surface area contributed by atoms with E-state index in [-0.39, 0.29) is 0 Å². The monoisotopic (exact) mass is 245 g/mol. The molecule has 0 aromatic heterocycles. The lowest BCUT2D eigenvalue weighted by Crippen LogP contribution is -2.24. The van der Waals surface area contributed by atoms with Gasteiger partial charge in [-0.05, 0) is 37.3 Å². The van der Waals surface area contributed by atoms with E-state index in [1.807, 2.05) is 0 Å². The largest absolute Gasteiger partial charge is 0.310 e. The minimum Gasteiger partial charge on any atom is -0.310 e. The van der Waals surface area contributed by atoms with E-state index in [0.717, 1.165) is 5.92 Å². The van der Waals surface area contributed by atoms with Crippen molar-refractivity contribution in [3.8, 4) is 0 Å². The summed E-state index contributed by atoms with van der Waals surface area (Å²) in [7, 11) is 0. The summed E-state index contributed by atoms with van der Waals surface area (Å²) < 4.78 is 0. The molecule has 1 N–H and O–H groups in total. The molecule has 0 bridgehead atoms. The van der Waals surface area contributed by atoms with Crippen molar-refractivity contribution in [2.45, 2.75) is 57.9 Å². The van der Waals surface area contributed by atoms with E-state index in [4.69, 9.17) is 0 Å². The van der Waals surface area contributed by atoms with Gasteiger partial charge in [0, 0.05) is 6.04 Å². The van der Waals surface area contributed by atoms with Gasteiger partial charge in [0.15, 0.2) is 0 Å². The number of hydrogen-bond donors (Lipinski definition) is 1. The van der Waals surface area contributed by atoms with E-state index >= 15 is 0 Å². The van der Waals surface area contributed by atoms with Crippen LogP contribution >= 0.6 is 0 Å². The van der Waals surface area contributed by atoms with Gasteiger partial charge in [0.25, 0.3) is 0 Å². The molecular formula is C17H27N. The van der Waals surface area contributed by atoms with Gasteiger partial charge >= 0.3 is 0 Å². The highest BCUT2D eigenvalue weighted by Gasteiger charge is 2.31. The third kappa shape index (κ3) is 4.45. The zero-order chi connectivity index (χ0) is 12.6. The van der Waals surface area contributed by atoms with Crippen molar-refractivity contribution < 1.29 is 0 Å². The first kappa shape index (κ1) is 13.6. The van der Waals surface area contributed by atoms with Gasteiger partial charge in [-0.2, -0.15) is 0 Å². The second-order valence-electron chi connectivity index (χ2n) is 5.59. The Morgan fingerprint density at radius 2 is 1.78 bits per heavy atom. The predicted molar refractivity (Wildman–Crippen MR) is 78.7 cm³/mol. The van der Waals surface area contributed by atoms with Gasteiger partial charge in [-0.15, -0.1) is 0 Å². The molecule has 1 aromatic carbocycles. The van der Waals surface area contributed by atoms with E-state index in [9.17, 15) is 0 Å². The Morgan fingerprint density at radius 1 is 1.06 bits per heavy atom. The fourth-order valence-corrected chi connectivity index (χ4v) is 2.63. The number of nitrogens with one attached hydrogen (secondary N) is 1. The molecule has 100 valence electrons. The SMILES string of the molecule is CCCCCCCNC(c1ccccc1)C1CC1. The summed E-state index contributed by atoms with van der Waals surface area (Å²) in [6.45, 7) is 3.45. The maximum absolute atomic E-state index is 3.77. The lowest BCUT2D eigenvalue weighted by molar-refractivity contribution is 0.465. The summed E-state index contributed by atoms with van der Waals surface area (Å²) in [5, 5.41) is 3.77. The number of rotatable bonds is 9. The molecule has 1 heteroatoms. The Hall–Kier alpha value is -0.820. The Morgan fingerprint density at radius 3 is 2.44 bits per heavy atom. The number of hydrogen-bond acceptors (Lipinski definition) is 1. The van der Waals surface area contributed by atoms with Gasteiger partial charge in [0.05, 0.1) is 0 Å². The Kier molecular flexibility index (Phi) is 5.73. The summed E-state index contributed by atoms with van der Waals surface area (Å²) in [5.41, 5.74) is 1.48. The quantitative estimate of drug-likeness (QED) is 0.622. The van der Waals surface area contributed by atoms with Crippen molar-refractivity contribution in [2.75, 3.05) is 6.54 Å². The molecule has 1 atom stereocenters. The van der Waals surface area contributed by atoms with Gasteiger partial charge in [0.1, 0.15) is 0 Å². The van der Waals surface area contributed by atoms with Crippen molar-refractivity contribution >= 4 is 0 Å². The summed E-state index contributed by atoms with van der Waals surface area (Å²) in [5.74, 6) is 0.892. The fraction of sp³-hybridized carbons (Fsp3) is 0.647. The van der Waals surface area contributed by atoms with Crippen molar-refractivity contribution in [2.24, 2.45) is 5.92 Å². The summed E-state index contributed by atoms with van der Waals surface area (Å²) >= 11 is 0. The van der Waals surface area contributed by atoms with Crippen molar-refractivity contribution in [3.05, 3.63) is 35.9 Å². The molecule has 1 aliphatic rings. The first-order valence-corrected chi connectivity index (χ1v) is 7.70. The van der Waals surface area contributed by atoms with Crippen LogP contribution in [0.5, 0.6) is 0 Å². The molecular weight excluding hydrogens is 218 g/mol. The van der Waals surface area contributed by atoms with Crippen LogP contribution in [-0.4, -0.2) is 6.54 Å². The molecule has 0 spiro atoms. The van der Waals surface area contributed by atoms with Crippen LogP contribution in [-0.2, 0) is 0 Å². The second kappa shape index (κ2) is 7.58. The molecule has 1 saturated carbocycles. The van der Waals surface area contributed by atoms with E-state index in [1.54, 1.807) is 0 Å². The molecule has 1 nitrogen and oxygen atoms in total. The van der Waals surface area contributed by atoms with Gasteiger partial charge in [-0.3, -0.25) is 0 Å². The number of unbranched alkanes of at least 4 members (excludes halogenated alkanes) is 4. The van der Waals surface area contributed by atoms with E-state index < -0.39 is 0 Å². The fourth-order valence-electron chi connectivity index (χ4n) is 2.63. The summed E-state index contributed by atoms with van der Waals surface area (Å²) in [6.07, 6.45) is 9.65. The van der Waals surface area contributed by atoms with Crippen LogP contribution in [0.1, 0.15) is 63.5 Å². The summed E-state index contributed by atoms with van der Waals surface area (Å²) in [6, 6.07) is 11.6. The van der Waals surface area contributed by atoms with Crippen LogP contribution in [0.3, 0.4) is 0 Å². The molecule has 1 aliphatic carbocycles. The Balaban J connectivity index is 1.71. The topological polar surface area (TPSA) is 12.0 Å². The smallest absolute Gasteiger partial charge is 0.0348 e. The molecule has 18 heavy (non-hydrogen) atoms. The van der Waals surface area contributed by atoms with Gasteiger partial charge in [-0.1, -0.05) is 62.9 Å². The molecule has 0 amide bonds. The molecule has 0 aliphatic heterocycles. The molecule has 1 fully saturated rings. The zero-order valence-corrected chi connectivity index (χ0v) is 11.7. The minimum atomic E-state index is 0.609. The highest BCUT2D eigenvalue weighted by molar-refractivity contribution is 5.21. The molecule has 0 heterocycles. The van der Waals surface area contributed by atoms with Crippen LogP contribution < -0.4 is 5.32 Å². The average Bonchev–Trinajstić information content (AvgIpc) is 3.23. The number of benzene rings is 1. The van der Waals surface area contributed by atoms with Crippen molar-refractivity contribution in [3.63, 3.8) is 0 Å². The molecule has 0 radical (unpaired) electrons. The zero-order valence-electron chi connectivity index (χ0n) is 11.7. The minimum absolute atomic E-state index is 0.609. The first-order valence-electron chi connectivity index (χ1n) is 7.70. The second-order valence-corrected chi connectivity index (χ2v) is 5.59. The van der Waals surface area contributed by atoms with Crippen molar-refractivity contribution in [1.29, 1.82) is 0 Å². The van der Waals surface area contributed by atoms with Crippen LogP contribution in [0.15, 0.2) is 30.3 Å². The molecule has 1 aromatic rings. The molecule has 1 unspecified atom stereocenters. The lowest BCUT2D eigenvalue weighted by atomic mass is 10.0. The van der Waals surface area contributed by atoms with Gasteiger partial charge < -0.3 is 5.32 Å². The standard InChI is InChI=1S/C17H27N/c1-2-3-4-5-9-14-18-17(16-12-13-16)15-10-7-6-8-11-15/h6-8,10-11,16-18H,2-5,9,12-14H2,1H3. The highest BCUT2D eigenvalue weighted by Crippen LogP contribution is 2.40. The Bertz CT molecular complexity index is 316. The van der Waals surface area contributed by atoms with Crippen molar-refractivity contribution in [1.82, 2.24) is 5.32 Å². The Labute approximate surface area is 112 Å². The predicted octanol–water partition coefficient (Wildman–Crippen LogP) is 4.70. The summed E-state index contributed by atoms with van der Waals surface area (Å²) in [4.78, 5) is 0. The van der Waals surface area contributed by atoms with Crippen LogP contribution in [0.25, 0.3) is 0 Å². The van der Waals surface area contributed by atoms with E-state index in [1.165, 1.54) is 57.1 Å². The average molecular weight is 245 g/mol.